The first-order chi connectivity index (χ1) is 16.3. The van der Waals surface area contributed by atoms with E-state index in [4.69, 9.17) is 9.84 Å². The monoisotopic (exact) mass is 475 g/mol. The van der Waals surface area contributed by atoms with E-state index in [0.717, 1.165) is 16.5 Å². The van der Waals surface area contributed by atoms with Crippen LogP contribution in [0.5, 0.6) is 5.75 Å². The van der Waals surface area contributed by atoms with Gasteiger partial charge in [-0.05, 0) is 55.5 Å². The Morgan fingerprint density at radius 3 is 2.59 bits per heavy atom. The highest BCUT2D eigenvalue weighted by molar-refractivity contribution is 7.90. The first kappa shape index (κ1) is 21.7. The Morgan fingerprint density at radius 1 is 1.09 bits per heavy atom. The highest BCUT2D eigenvalue weighted by atomic mass is 32.2. The summed E-state index contributed by atoms with van der Waals surface area (Å²) in [5.41, 5.74) is 3.24. The van der Waals surface area contributed by atoms with E-state index in [1.54, 1.807) is 54.7 Å². The molecule has 0 saturated heterocycles. The highest BCUT2D eigenvalue weighted by Crippen LogP contribution is 2.37. The number of ether oxygens (including phenoxy) is 1. The van der Waals surface area contributed by atoms with Gasteiger partial charge in [-0.1, -0.05) is 17.7 Å². The van der Waals surface area contributed by atoms with E-state index in [1.807, 2.05) is 36.9 Å². The second-order valence-corrected chi connectivity index (χ2v) is 9.83. The fourth-order valence-electron chi connectivity index (χ4n) is 4.07. The van der Waals surface area contributed by atoms with Crippen molar-refractivity contribution in [1.82, 2.24) is 13.5 Å². The van der Waals surface area contributed by atoms with Crippen molar-refractivity contribution >= 4 is 37.9 Å². The molecular formula is C25H21N3O5S. The quantitative estimate of drug-likeness (QED) is 0.395. The summed E-state index contributed by atoms with van der Waals surface area (Å²) in [5.74, 6) is -0.701. The van der Waals surface area contributed by atoms with Crippen LogP contribution in [0.4, 0.5) is 0 Å². The molecule has 0 saturated carbocycles. The molecule has 0 spiro atoms. The lowest BCUT2D eigenvalue weighted by Gasteiger charge is -2.12. The van der Waals surface area contributed by atoms with Crippen LogP contribution in [0.25, 0.3) is 33.2 Å². The van der Waals surface area contributed by atoms with Gasteiger partial charge in [0.2, 0.25) is 0 Å². The molecule has 3 aromatic heterocycles. The van der Waals surface area contributed by atoms with Crippen molar-refractivity contribution in [3.8, 4) is 17.0 Å². The number of carbonyl (C=O) groups is 1. The number of hydrogen-bond acceptors (Lipinski definition) is 5. The van der Waals surface area contributed by atoms with Crippen molar-refractivity contribution in [2.24, 2.45) is 7.05 Å². The van der Waals surface area contributed by atoms with Gasteiger partial charge in [-0.2, -0.15) is 0 Å². The van der Waals surface area contributed by atoms with Crippen LogP contribution in [0, 0.1) is 6.92 Å². The van der Waals surface area contributed by atoms with Gasteiger partial charge in [0.1, 0.15) is 5.75 Å². The topological polar surface area (TPSA) is 103 Å². The van der Waals surface area contributed by atoms with Gasteiger partial charge in [0.25, 0.3) is 10.0 Å². The maximum atomic E-state index is 13.8. The Morgan fingerprint density at radius 2 is 1.85 bits per heavy atom. The van der Waals surface area contributed by atoms with E-state index < -0.39 is 22.6 Å². The second kappa shape index (κ2) is 8.03. The minimum atomic E-state index is -3.97. The molecule has 2 aromatic carbocycles. The number of nitrogens with zero attached hydrogens (tertiary/aromatic N) is 3. The van der Waals surface area contributed by atoms with Gasteiger partial charge in [0.05, 0.1) is 10.6 Å². The molecule has 0 amide bonds. The number of carboxylic acids is 1. The third-order valence-electron chi connectivity index (χ3n) is 5.68. The first-order valence-corrected chi connectivity index (χ1v) is 11.9. The Balaban J connectivity index is 1.78. The van der Waals surface area contributed by atoms with Crippen LogP contribution in [-0.4, -0.2) is 39.6 Å². The van der Waals surface area contributed by atoms with Gasteiger partial charge in [0.15, 0.2) is 12.3 Å². The van der Waals surface area contributed by atoms with Crippen LogP contribution >= 0.6 is 0 Å². The van der Waals surface area contributed by atoms with E-state index in [-0.39, 0.29) is 4.90 Å². The fraction of sp³-hybridized carbons (Fsp3) is 0.120. The molecule has 34 heavy (non-hydrogen) atoms. The Labute approximate surface area is 195 Å². The number of pyridine rings is 1. The highest BCUT2D eigenvalue weighted by Gasteiger charge is 2.26. The van der Waals surface area contributed by atoms with Crippen LogP contribution < -0.4 is 4.74 Å². The molecule has 0 fully saturated rings. The summed E-state index contributed by atoms with van der Waals surface area (Å²) in [6.07, 6.45) is 3.41. The summed E-state index contributed by atoms with van der Waals surface area (Å²) in [6.45, 7) is 1.42. The minimum Gasteiger partial charge on any atom is -0.482 e. The maximum absolute atomic E-state index is 13.8. The number of carboxylic acid groups (broad SMARTS) is 1. The number of hydrogen-bond donors (Lipinski definition) is 1. The van der Waals surface area contributed by atoms with E-state index in [0.29, 0.717) is 28.0 Å². The largest absolute Gasteiger partial charge is 0.482 e. The van der Waals surface area contributed by atoms with E-state index in [2.05, 4.69) is 4.98 Å². The van der Waals surface area contributed by atoms with Crippen LogP contribution in [0.2, 0.25) is 0 Å². The number of benzene rings is 2. The van der Waals surface area contributed by atoms with Gasteiger partial charge >= 0.3 is 5.97 Å². The third kappa shape index (κ3) is 3.60. The standard InChI is InChI=1S/C25H21N3O5S/c1-16-5-8-19(9-6-16)34(31,32)28-23(12-17-4-3-11-26-25(17)28)21-14-27(2)22-10-7-18(13-20(21)22)33-15-24(29)30/h3-14H,15H2,1-2H3,(H,29,30). The molecule has 1 N–H and O–H groups in total. The molecule has 5 rings (SSSR count). The Bertz CT molecular complexity index is 1660. The van der Waals surface area contributed by atoms with Gasteiger partial charge in [-0.25, -0.2) is 22.2 Å². The lowest BCUT2D eigenvalue weighted by Crippen LogP contribution is -2.14. The van der Waals surface area contributed by atoms with Crippen molar-refractivity contribution in [1.29, 1.82) is 0 Å². The van der Waals surface area contributed by atoms with E-state index in [9.17, 15) is 13.2 Å². The second-order valence-electron chi connectivity index (χ2n) is 8.04. The third-order valence-corrected chi connectivity index (χ3v) is 7.40. The Hall–Kier alpha value is -4.11. The summed E-state index contributed by atoms with van der Waals surface area (Å²) in [6, 6.07) is 17.3. The summed E-state index contributed by atoms with van der Waals surface area (Å²) >= 11 is 0. The zero-order chi connectivity index (χ0) is 24.0. The molecule has 0 atom stereocenters. The number of fused-ring (bicyclic) bond motifs is 2. The first-order valence-electron chi connectivity index (χ1n) is 10.5. The van der Waals surface area contributed by atoms with Crippen molar-refractivity contribution in [2.45, 2.75) is 11.8 Å². The molecule has 0 aliphatic rings. The molecule has 0 radical (unpaired) electrons. The molecule has 9 heteroatoms. The fourth-order valence-corrected chi connectivity index (χ4v) is 5.55. The molecule has 172 valence electrons. The molecular weight excluding hydrogens is 454 g/mol. The summed E-state index contributed by atoms with van der Waals surface area (Å²) in [5, 5.41) is 10.4. The number of aromatic nitrogens is 3. The van der Waals surface area contributed by atoms with Crippen LogP contribution in [0.15, 0.2) is 78.0 Å². The van der Waals surface area contributed by atoms with Gasteiger partial charge in [-0.15, -0.1) is 0 Å². The summed E-state index contributed by atoms with van der Waals surface area (Å²) in [4.78, 5) is 15.5. The number of aliphatic carboxylic acids is 1. The van der Waals surface area contributed by atoms with Crippen molar-refractivity contribution in [3.63, 3.8) is 0 Å². The average molecular weight is 476 g/mol. The minimum absolute atomic E-state index is 0.160. The van der Waals surface area contributed by atoms with E-state index in [1.165, 1.54) is 3.97 Å². The van der Waals surface area contributed by atoms with Crippen LogP contribution in [-0.2, 0) is 21.9 Å². The van der Waals surface area contributed by atoms with Gasteiger partial charge in [-0.3, -0.25) is 0 Å². The molecule has 5 aromatic rings. The van der Waals surface area contributed by atoms with Crippen LogP contribution in [0.1, 0.15) is 5.56 Å². The predicted molar refractivity (Wildman–Crippen MR) is 129 cm³/mol. The Kier molecular flexibility index (Phi) is 5.13. The predicted octanol–water partition coefficient (Wildman–Crippen LogP) is 4.20. The zero-order valence-electron chi connectivity index (χ0n) is 18.5. The van der Waals surface area contributed by atoms with Gasteiger partial charge in [0, 0.05) is 41.3 Å². The molecule has 0 bridgehead atoms. The average Bonchev–Trinajstić information content (AvgIpc) is 3.36. The SMILES string of the molecule is Cc1ccc(S(=O)(=O)n2c(-c3cn(C)c4ccc(OCC(=O)O)cc34)cc3cccnc32)cc1. The van der Waals surface area contributed by atoms with E-state index >= 15 is 0 Å². The van der Waals surface area contributed by atoms with Crippen molar-refractivity contribution in [2.75, 3.05) is 6.61 Å². The summed E-state index contributed by atoms with van der Waals surface area (Å²) in [7, 11) is -2.11. The molecule has 0 unspecified atom stereocenters. The maximum Gasteiger partial charge on any atom is 0.341 e. The van der Waals surface area contributed by atoms with Gasteiger partial charge < -0.3 is 14.4 Å². The summed E-state index contributed by atoms with van der Waals surface area (Å²) < 4.78 is 36.2. The molecule has 0 aliphatic heterocycles. The smallest absolute Gasteiger partial charge is 0.341 e. The normalized spacial score (nSPS) is 11.8. The zero-order valence-corrected chi connectivity index (χ0v) is 19.3. The van der Waals surface area contributed by atoms with Crippen molar-refractivity contribution in [3.05, 3.63) is 78.6 Å². The van der Waals surface area contributed by atoms with Crippen LogP contribution in [0.3, 0.4) is 0 Å². The van der Waals surface area contributed by atoms with Crippen molar-refractivity contribution < 1.29 is 23.1 Å². The number of aryl methyl sites for hydroxylation is 2. The molecule has 8 nitrogen and oxygen atoms in total. The molecule has 3 heterocycles. The lowest BCUT2D eigenvalue weighted by atomic mass is 10.1. The number of rotatable bonds is 6. The lowest BCUT2D eigenvalue weighted by molar-refractivity contribution is -0.139. The molecule has 0 aliphatic carbocycles.